The predicted octanol–water partition coefficient (Wildman–Crippen LogP) is 6.41. The molecule has 0 radical (unpaired) electrons. The number of amidine groups is 1. The number of nitrogens with zero attached hydrogens (tertiary/aromatic N) is 3. The summed E-state index contributed by atoms with van der Waals surface area (Å²) in [6.45, 7) is 2.50. The molecule has 5 nitrogen and oxygen atoms in total. The third-order valence-corrected chi connectivity index (χ3v) is 6.94. The van der Waals surface area contributed by atoms with E-state index in [2.05, 4.69) is 20.9 Å². The van der Waals surface area contributed by atoms with Gasteiger partial charge in [0.2, 0.25) is 0 Å². The minimum Gasteiger partial charge on any atom is -0.342 e. The molecule has 1 N–H and O–H groups in total. The van der Waals surface area contributed by atoms with Gasteiger partial charge in [-0.3, -0.25) is 4.79 Å². The standard InChI is InChI=1S/C27H19ClN4OS/c1-17-10-11-21(13-23(17)28)30-27-31-26(33)25(34-27)12-20-16-32(24-9-5-4-8-22(20)24)15-19-7-3-2-6-18(19)14-29/h2-13,16H,15H2,1H3,(H,30,31,33)/b25-12-. The lowest BCUT2D eigenvalue weighted by Gasteiger charge is -2.07. The van der Waals surface area contributed by atoms with Crippen molar-refractivity contribution in [3.05, 3.63) is 105 Å². The molecular weight excluding hydrogens is 464 g/mol. The van der Waals surface area contributed by atoms with Crippen LogP contribution in [0.2, 0.25) is 5.02 Å². The number of aliphatic imine (C=N–C) groups is 1. The van der Waals surface area contributed by atoms with Gasteiger partial charge in [-0.15, -0.1) is 0 Å². The van der Waals surface area contributed by atoms with Crippen LogP contribution in [0.1, 0.15) is 22.3 Å². The van der Waals surface area contributed by atoms with Crippen molar-refractivity contribution in [2.75, 3.05) is 0 Å². The van der Waals surface area contributed by atoms with Crippen molar-refractivity contribution in [3.63, 3.8) is 0 Å². The first-order chi connectivity index (χ1) is 16.5. The molecule has 1 amide bonds. The quantitative estimate of drug-likeness (QED) is 0.341. The van der Waals surface area contributed by atoms with Crippen molar-refractivity contribution in [3.8, 4) is 6.07 Å². The molecular formula is C27H19ClN4OS. The Morgan fingerprint density at radius 1 is 1.15 bits per heavy atom. The molecule has 0 bridgehead atoms. The fourth-order valence-corrected chi connectivity index (χ4v) is 4.87. The summed E-state index contributed by atoms with van der Waals surface area (Å²) in [5, 5.41) is 14.5. The number of aryl methyl sites for hydroxylation is 1. The maximum atomic E-state index is 12.7. The van der Waals surface area contributed by atoms with E-state index in [1.165, 1.54) is 11.8 Å². The summed E-state index contributed by atoms with van der Waals surface area (Å²) in [5.41, 5.74) is 5.23. The molecule has 3 aromatic carbocycles. The van der Waals surface area contributed by atoms with Gasteiger partial charge in [-0.1, -0.05) is 54.1 Å². The van der Waals surface area contributed by atoms with Gasteiger partial charge in [0, 0.05) is 34.2 Å². The van der Waals surface area contributed by atoms with E-state index in [0.29, 0.717) is 32.9 Å². The number of hydrogen-bond donors (Lipinski definition) is 1. The van der Waals surface area contributed by atoms with Crippen molar-refractivity contribution in [1.82, 2.24) is 9.88 Å². The van der Waals surface area contributed by atoms with Crippen LogP contribution in [0.5, 0.6) is 0 Å². The second-order valence-electron chi connectivity index (χ2n) is 7.91. The summed E-state index contributed by atoms with van der Waals surface area (Å²) in [6.07, 6.45) is 3.91. The first-order valence-corrected chi connectivity index (χ1v) is 11.8. The molecule has 4 aromatic rings. The Hall–Kier alpha value is -3.79. The number of fused-ring (bicyclic) bond motifs is 1. The molecule has 34 heavy (non-hydrogen) atoms. The molecule has 5 rings (SSSR count). The fourth-order valence-electron chi connectivity index (χ4n) is 3.86. The summed E-state index contributed by atoms with van der Waals surface area (Å²) < 4.78 is 2.11. The number of thioether (sulfide) groups is 1. The highest BCUT2D eigenvalue weighted by atomic mass is 35.5. The number of nitriles is 1. The van der Waals surface area contributed by atoms with Gasteiger partial charge in [0.15, 0.2) is 5.17 Å². The van der Waals surface area contributed by atoms with Crippen LogP contribution >= 0.6 is 23.4 Å². The second kappa shape index (κ2) is 9.22. The van der Waals surface area contributed by atoms with E-state index in [1.54, 1.807) is 6.07 Å². The van der Waals surface area contributed by atoms with Gasteiger partial charge < -0.3 is 9.88 Å². The number of benzene rings is 3. The maximum Gasteiger partial charge on any atom is 0.264 e. The summed E-state index contributed by atoms with van der Waals surface area (Å²) >= 11 is 7.51. The van der Waals surface area contributed by atoms with Gasteiger partial charge in [-0.2, -0.15) is 5.26 Å². The average Bonchev–Trinajstić information content (AvgIpc) is 3.36. The minimum atomic E-state index is -0.186. The molecule has 2 heterocycles. The van der Waals surface area contributed by atoms with E-state index in [1.807, 2.05) is 79.9 Å². The van der Waals surface area contributed by atoms with Gasteiger partial charge in [-0.05, 0) is 60.2 Å². The third kappa shape index (κ3) is 4.36. The Balaban J connectivity index is 1.48. The highest BCUT2D eigenvalue weighted by Gasteiger charge is 2.24. The van der Waals surface area contributed by atoms with Crippen molar-refractivity contribution < 1.29 is 4.79 Å². The van der Waals surface area contributed by atoms with Crippen LogP contribution in [-0.4, -0.2) is 15.6 Å². The van der Waals surface area contributed by atoms with E-state index in [-0.39, 0.29) is 5.91 Å². The van der Waals surface area contributed by atoms with Crippen LogP contribution in [0.3, 0.4) is 0 Å². The lowest BCUT2D eigenvalue weighted by atomic mass is 10.1. The molecule has 1 aromatic heterocycles. The molecule has 0 saturated carbocycles. The topological polar surface area (TPSA) is 70.2 Å². The first-order valence-electron chi connectivity index (χ1n) is 10.6. The largest absolute Gasteiger partial charge is 0.342 e. The smallest absolute Gasteiger partial charge is 0.264 e. The predicted molar refractivity (Wildman–Crippen MR) is 139 cm³/mol. The van der Waals surface area contributed by atoms with E-state index < -0.39 is 0 Å². The summed E-state index contributed by atoms with van der Waals surface area (Å²) in [6, 6.07) is 23.5. The number of nitrogens with one attached hydrogen (secondary N) is 1. The Labute approximate surface area is 206 Å². The molecule has 1 fully saturated rings. The van der Waals surface area contributed by atoms with E-state index in [4.69, 9.17) is 11.6 Å². The normalized spacial score (nSPS) is 15.7. The van der Waals surface area contributed by atoms with Gasteiger partial charge in [0.1, 0.15) is 0 Å². The molecule has 1 saturated heterocycles. The summed E-state index contributed by atoms with van der Waals surface area (Å²) in [5.74, 6) is -0.186. The summed E-state index contributed by atoms with van der Waals surface area (Å²) in [7, 11) is 0. The Morgan fingerprint density at radius 3 is 2.76 bits per heavy atom. The van der Waals surface area contributed by atoms with Crippen LogP contribution in [0.15, 0.2) is 82.8 Å². The molecule has 0 aliphatic carbocycles. The molecule has 166 valence electrons. The van der Waals surface area contributed by atoms with Crippen molar-refractivity contribution >= 4 is 57.1 Å². The Bertz CT molecular complexity index is 1540. The molecule has 1 aliphatic heterocycles. The number of aromatic nitrogens is 1. The molecule has 1 aliphatic rings. The number of carbonyl (C=O) groups excluding carboxylic acids is 1. The highest BCUT2D eigenvalue weighted by molar-refractivity contribution is 8.18. The zero-order valence-electron chi connectivity index (χ0n) is 18.2. The number of para-hydroxylation sites is 1. The lowest BCUT2D eigenvalue weighted by molar-refractivity contribution is -0.115. The number of carbonyl (C=O) groups is 1. The molecule has 7 heteroatoms. The van der Waals surface area contributed by atoms with Crippen LogP contribution in [0, 0.1) is 18.3 Å². The van der Waals surface area contributed by atoms with E-state index >= 15 is 0 Å². The Kier molecular flexibility index (Phi) is 5.97. The van der Waals surface area contributed by atoms with E-state index in [0.717, 1.165) is 27.6 Å². The van der Waals surface area contributed by atoms with Gasteiger partial charge in [0.25, 0.3) is 5.91 Å². The van der Waals surface area contributed by atoms with Crippen LogP contribution < -0.4 is 5.32 Å². The van der Waals surface area contributed by atoms with Crippen molar-refractivity contribution in [2.24, 2.45) is 4.99 Å². The van der Waals surface area contributed by atoms with Crippen LogP contribution in [0.4, 0.5) is 5.69 Å². The third-order valence-electron chi connectivity index (χ3n) is 5.62. The Morgan fingerprint density at radius 2 is 1.94 bits per heavy atom. The number of halogens is 1. The molecule has 0 atom stereocenters. The van der Waals surface area contributed by atoms with Gasteiger partial charge in [-0.25, -0.2) is 4.99 Å². The monoisotopic (exact) mass is 482 g/mol. The molecule has 0 spiro atoms. The van der Waals surface area contributed by atoms with Gasteiger partial charge in [0.05, 0.1) is 22.2 Å². The second-order valence-corrected chi connectivity index (χ2v) is 9.35. The lowest BCUT2D eigenvalue weighted by Crippen LogP contribution is -2.19. The zero-order valence-corrected chi connectivity index (χ0v) is 19.8. The maximum absolute atomic E-state index is 12.7. The summed E-state index contributed by atoms with van der Waals surface area (Å²) in [4.78, 5) is 17.8. The number of hydrogen-bond acceptors (Lipinski definition) is 4. The highest BCUT2D eigenvalue weighted by Crippen LogP contribution is 2.32. The van der Waals surface area contributed by atoms with Crippen LogP contribution in [0.25, 0.3) is 17.0 Å². The number of rotatable bonds is 4. The SMILES string of the molecule is Cc1ccc(N=C2NC(=O)/C(=C/c3cn(Cc4ccccc4C#N)c4ccccc34)S2)cc1Cl. The van der Waals surface area contributed by atoms with E-state index in [9.17, 15) is 10.1 Å². The van der Waals surface area contributed by atoms with Crippen LogP contribution in [-0.2, 0) is 11.3 Å². The molecule has 0 unspecified atom stereocenters. The number of amides is 1. The van der Waals surface area contributed by atoms with Crippen molar-refractivity contribution in [1.29, 1.82) is 5.26 Å². The minimum absolute atomic E-state index is 0.186. The van der Waals surface area contributed by atoms with Crippen molar-refractivity contribution in [2.45, 2.75) is 13.5 Å². The zero-order chi connectivity index (χ0) is 23.7. The van der Waals surface area contributed by atoms with Gasteiger partial charge >= 0.3 is 0 Å². The average molecular weight is 483 g/mol. The first kappa shape index (κ1) is 22.0. The fraction of sp³-hybridized carbons (Fsp3) is 0.0741.